The molecule has 0 bridgehead atoms. The van der Waals surface area contributed by atoms with Crippen molar-refractivity contribution in [2.45, 2.75) is 90.0 Å². The highest BCUT2D eigenvalue weighted by Crippen LogP contribution is 2.38. The number of amides is 2. The third kappa shape index (κ3) is 9.19. The van der Waals surface area contributed by atoms with E-state index < -0.39 is 12.4 Å². The number of unbranched alkanes of at least 4 members (excludes halogenated alkanes) is 4. The van der Waals surface area contributed by atoms with Gasteiger partial charge in [-0.2, -0.15) is 0 Å². The van der Waals surface area contributed by atoms with Crippen molar-refractivity contribution in [2.75, 3.05) is 44.7 Å². The molecular weight excluding hydrogens is 620 g/mol. The highest BCUT2D eigenvalue weighted by atomic mass is 19.3. The maximum absolute atomic E-state index is 14.4. The Labute approximate surface area is 281 Å². The van der Waals surface area contributed by atoms with E-state index in [0.717, 1.165) is 49.6 Å². The van der Waals surface area contributed by atoms with Gasteiger partial charge >= 0.3 is 5.97 Å². The first-order chi connectivity index (χ1) is 23.0. The molecular formula is C35H49F2N7O4. The van der Waals surface area contributed by atoms with Crippen LogP contribution < -0.4 is 15.5 Å². The standard InChI is InChI=1S/C35H49F2N7O4/c1-23(45)42-16-13-30(41-26-12-15-43(21-26)32(46)10-6-4-3-5-7-11-33(47)48)29(22-42)35(39)44-14-8-9-24-17-27(25(19-38)20-40-2)28(34(36)37)18-31(24)44/h17-20,26,34,38-41H,3-16,21-22H2,1-2H3,(H,47,48)/b25-20+,38-19?,39-35?. The number of aliphatic carboxylic acids is 1. The number of benzene rings is 1. The fraction of sp³-hybridized carbons (Fsp3) is 0.571. The predicted molar refractivity (Wildman–Crippen MR) is 183 cm³/mol. The number of carboxylic acids is 1. The molecule has 11 nitrogen and oxygen atoms in total. The average Bonchev–Trinajstić information content (AvgIpc) is 3.54. The minimum Gasteiger partial charge on any atom is -0.481 e. The zero-order valence-electron chi connectivity index (χ0n) is 28.0. The Morgan fingerprint density at radius 2 is 1.77 bits per heavy atom. The molecule has 5 N–H and O–H groups in total. The summed E-state index contributed by atoms with van der Waals surface area (Å²) in [6.07, 6.45) is 7.16. The predicted octanol–water partition coefficient (Wildman–Crippen LogP) is 5.08. The molecule has 1 saturated heterocycles. The number of rotatable bonds is 15. The number of fused-ring (bicyclic) bond motifs is 1. The third-order valence-electron chi connectivity index (χ3n) is 9.42. The number of carboxylic acid groups (broad SMARTS) is 1. The zero-order chi connectivity index (χ0) is 34.8. The Bertz CT molecular complexity index is 1440. The molecule has 48 heavy (non-hydrogen) atoms. The molecule has 0 aromatic heterocycles. The summed E-state index contributed by atoms with van der Waals surface area (Å²) in [4.78, 5) is 41.3. The van der Waals surface area contributed by atoms with Crippen molar-refractivity contribution in [3.63, 3.8) is 0 Å². The van der Waals surface area contributed by atoms with Crippen LogP contribution in [0.2, 0.25) is 0 Å². The van der Waals surface area contributed by atoms with Gasteiger partial charge in [-0.15, -0.1) is 0 Å². The lowest BCUT2D eigenvalue weighted by molar-refractivity contribution is -0.137. The first kappa shape index (κ1) is 36.5. The van der Waals surface area contributed by atoms with Crippen molar-refractivity contribution in [2.24, 2.45) is 0 Å². The Kier molecular flexibility index (Phi) is 13.1. The molecule has 1 aromatic carbocycles. The van der Waals surface area contributed by atoms with Gasteiger partial charge in [0, 0.05) is 106 Å². The molecule has 0 spiro atoms. The fourth-order valence-corrected chi connectivity index (χ4v) is 6.83. The van der Waals surface area contributed by atoms with E-state index in [2.05, 4.69) is 10.6 Å². The third-order valence-corrected chi connectivity index (χ3v) is 9.42. The summed E-state index contributed by atoms with van der Waals surface area (Å²) in [5, 5.41) is 32.4. The van der Waals surface area contributed by atoms with Gasteiger partial charge in [0.05, 0.1) is 6.54 Å². The average molecular weight is 670 g/mol. The van der Waals surface area contributed by atoms with Crippen molar-refractivity contribution >= 4 is 41.1 Å². The van der Waals surface area contributed by atoms with Crippen molar-refractivity contribution in [3.8, 4) is 0 Å². The Morgan fingerprint density at radius 3 is 2.44 bits per heavy atom. The number of amidine groups is 1. The van der Waals surface area contributed by atoms with Crippen LogP contribution in [-0.4, -0.2) is 90.6 Å². The number of hydrogen-bond acceptors (Lipinski definition) is 7. The summed E-state index contributed by atoms with van der Waals surface area (Å²) in [5.74, 6) is -0.603. The number of nitrogens with zero attached hydrogens (tertiary/aromatic N) is 3. The summed E-state index contributed by atoms with van der Waals surface area (Å²) in [6.45, 7) is 3.87. The van der Waals surface area contributed by atoms with Gasteiger partial charge in [0.25, 0.3) is 6.43 Å². The quantitative estimate of drug-likeness (QED) is 0.0993. The van der Waals surface area contributed by atoms with Crippen LogP contribution in [0.5, 0.6) is 0 Å². The van der Waals surface area contributed by atoms with Gasteiger partial charge in [-0.25, -0.2) is 8.78 Å². The van der Waals surface area contributed by atoms with Crippen LogP contribution in [-0.2, 0) is 20.8 Å². The summed E-state index contributed by atoms with van der Waals surface area (Å²) < 4.78 is 28.8. The normalized spacial score (nSPS) is 18.2. The molecule has 262 valence electrons. The van der Waals surface area contributed by atoms with Gasteiger partial charge in [-0.3, -0.25) is 19.8 Å². The lowest BCUT2D eigenvalue weighted by atomic mass is 9.91. The molecule has 2 amide bonds. The molecule has 3 heterocycles. The van der Waals surface area contributed by atoms with Gasteiger partial charge in [0.1, 0.15) is 5.84 Å². The van der Waals surface area contributed by atoms with E-state index in [0.29, 0.717) is 80.7 Å². The van der Waals surface area contributed by atoms with Gasteiger partial charge in [0.2, 0.25) is 11.8 Å². The highest BCUT2D eigenvalue weighted by Gasteiger charge is 2.33. The lowest BCUT2D eigenvalue weighted by Crippen LogP contribution is -2.46. The minimum atomic E-state index is -2.78. The monoisotopic (exact) mass is 669 g/mol. The second kappa shape index (κ2) is 17.2. The first-order valence-electron chi connectivity index (χ1n) is 17.0. The van der Waals surface area contributed by atoms with Crippen LogP contribution in [0.25, 0.3) is 5.57 Å². The van der Waals surface area contributed by atoms with Crippen LogP contribution in [0.3, 0.4) is 0 Å². The summed E-state index contributed by atoms with van der Waals surface area (Å²) in [6, 6.07) is 3.16. The zero-order valence-corrected chi connectivity index (χ0v) is 28.0. The van der Waals surface area contributed by atoms with E-state index in [4.69, 9.17) is 10.5 Å². The van der Waals surface area contributed by atoms with E-state index >= 15 is 0 Å². The molecule has 0 aliphatic carbocycles. The molecule has 1 fully saturated rings. The maximum atomic E-state index is 14.4. The number of allylic oxidation sites excluding steroid dienone is 1. The second-order valence-corrected chi connectivity index (χ2v) is 12.8. The molecule has 3 aliphatic heterocycles. The maximum Gasteiger partial charge on any atom is 0.303 e. The molecule has 3 aliphatic rings. The van der Waals surface area contributed by atoms with Crippen LogP contribution in [0.1, 0.15) is 94.2 Å². The number of carbonyl (C=O) groups is 3. The van der Waals surface area contributed by atoms with Crippen LogP contribution in [0, 0.1) is 10.8 Å². The molecule has 1 aromatic rings. The van der Waals surface area contributed by atoms with Gasteiger partial charge < -0.3 is 35.8 Å². The number of anilines is 1. The number of alkyl halides is 2. The number of nitrogens with one attached hydrogen (secondary N) is 4. The summed E-state index contributed by atoms with van der Waals surface area (Å²) in [5.41, 5.74) is 3.31. The van der Waals surface area contributed by atoms with E-state index in [9.17, 15) is 28.6 Å². The fourth-order valence-electron chi connectivity index (χ4n) is 6.83. The SMILES string of the molecule is CN/C=C(\C=N)c1cc2c(cc1C(F)F)N(C(=N)C1=C(NC3CCN(C(=O)CCCCCCCC(=O)O)C3)CCN(C(C)=O)C1)CCC2. The molecule has 0 radical (unpaired) electrons. The van der Waals surface area contributed by atoms with Crippen LogP contribution in [0.4, 0.5) is 14.5 Å². The Balaban J connectivity index is 1.49. The number of likely N-dealkylation sites (tertiary alicyclic amines) is 1. The Morgan fingerprint density at radius 1 is 1.04 bits per heavy atom. The topological polar surface area (TPSA) is 153 Å². The highest BCUT2D eigenvalue weighted by molar-refractivity contribution is 6.11. The van der Waals surface area contributed by atoms with E-state index in [1.165, 1.54) is 19.2 Å². The van der Waals surface area contributed by atoms with Crippen LogP contribution >= 0.6 is 0 Å². The van der Waals surface area contributed by atoms with Gasteiger partial charge in [-0.05, 0) is 55.4 Å². The number of halogens is 2. The first-order valence-corrected chi connectivity index (χ1v) is 17.0. The van der Waals surface area contributed by atoms with E-state index in [-0.39, 0.29) is 42.2 Å². The Hall–Kier alpha value is -4.29. The molecule has 4 rings (SSSR count). The minimum absolute atomic E-state index is 0.00760. The van der Waals surface area contributed by atoms with Crippen molar-refractivity contribution < 1.29 is 28.3 Å². The van der Waals surface area contributed by atoms with Crippen molar-refractivity contribution in [3.05, 3.63) is 46.3 Å². The molecule has 13 heteroatoms. The molecule has 1 atom stereocenters. The number of aryl methyl sites for hydroxylation is 1. The summed E-state index contributed by atoms with van der Waals surface area (Å²) in [7, 11) is 1.65. The lowest BCUT2D eigenvalue weighted by Gasteiger charge is -2.38. The largest absolute Gasteiger partial charge is 0.481 e. The van der Waals surface area contributed by atoms with Crippen molar-refractivity contribution in [1.29, 1.82) is 10.8 Å². The van der Waals surface area contributed by atoms with E-state index in [1.54, 1.807) is 22.9 Å². The molecule has 0 saturated carbocycles. The van der Waals surface area contributed by atoms with Crippen molar-refractivity contribution in [1.82, 2.24) is 20.4 Å². The van der Waals surface area contributed by atoms with Gasteiger partial charge in [-0.1, -0.05) is 19.3 Å². The van der Waals surface area contributed by atoms with Gasteiger partial charge in [0.15, 0.2) is 0 Å². The molecule has 1 unspecified atom stereocenters. The second-order valence-electron chi connectivity index (χ2n) is 12.8. The van der Waals surface area contributed by atoms with Crippen LogP contribution in [0.15, 0.2) is 29.6 Å². The smallest absolute Gasteiger partial charge is 0.303 e. The van der Waals surface area contributed by atoms with E-state index in [1.807, 2.05) is 4.90 Å². The summed E-state index contributed by atoms with van der Waals surface area (Å²) >= 11 is 0. The number of hydrogen-bond donors (Lipinski definition) is 5. The number of carbonyl (C=O) groups excluding carboxylic acids is 2.